The lowest BCUT2D eigenvalue weighted by Crippen LogP contribution is -2.00. The Balaban J connectivity index is 2.73. The first-order valence-corrected chi connectivity index (χ1v) is 4.04. The highest BCUT2D eigenvalue weighted by atomic mass is 16.7. The van der Waals surface area contributed by atoms with Gasteiger partial charge in [0.05, 0.1) is 7.11 Å². The normalized spacial score (nSPS) is 9.77. The largest absolute Gasteiger partial charge is 0.497 e. The van der Waals surface area contributed by atoms with E-state index < -0.39 is 0 Å². The van der Waals surface area contributed by atoms with Crippen LogP contribution in [0.25, 0.3) is 0 Å². The van der Waals surface area contributed by atoms with Gasteiger partial charge < -0.3 is 14.2 Å². The van der Waals surface area contributed by atoms with Crippen molar-refractivity contribution in [2.45, 2.75) is 6.92 Å². The van der Waals surface area contributed by atoms with Crippen LogP contribution in [0.15, 0.2) is 18.2 Å². The number of hydrogen-bond donors (Lipinski definition) is 0. The Morgan fingerprint density at radius 1 is 1.23 bits per heavy atom. The molecule has 0 amide bonds. The molecule has 0 atom stereocenters. The fraction of sp³-hybridized carbons (Fsp3) is 0.400. The summed E-state index contributed by atoms with van der Waals surface area (Å²) in [6.07, 6.45) is 0. The van der Waals surface area contributed by atoms with Crippen LogP contribution in [0.1, 0.15) is 5.56 Å². The van der Waals surface area contributed by atoms with E-state index in [9.17, 15) is 0 Å². The molecular formula is C10H14O3. The highest BCUT2D eigenvalue weighted by Gasteiger charge is 2.00. The van der Waals surface area contributed by atoms with Gasteiger partial charge in [-0.15, -0.1) is 0 Å². The fourth-order valence-electron chi connectivity index (χ4n) is 1.03. The summed E-state index contributed by atoms with van der Waals surface area (Å²) in [6.45, 7) is 2.24. The van der Waals surface area contributed by atoms with Crippen molar-refractivity contribution in [3.8, 4) is 11.5 Å². The molecule has 0 saturated heterocycles. The number of ether oxygens (including phenoxy) is 3. The maximum Gasteiger partial charge on any atom is 0.188 e. The highest BCUT2D eigenvalue weighted by Crippen LogP contribution is 2.22. The molecule has 0 unspecified atom stereocenters. The van der Waals surface area contributed by atoms with Gasteiger partial charge in [0.1, 0.15) is 11.5 Å². The van der Waals surface area contributed by atoms with Crippen molar-refractivity contribution in [2.24, 2.45) is 0 Å². The Morgan fingerprint density at radius 3 is 2.54 bits per heavy atom. The zero-order chi connectivity index (χ0) is 9.68. The third-order valence-corrected chi connectivity index (χ3v) is 1.71. The van der Waals surface area contributed by atoms with Gasteiger partial charge in [0, 0.05) is 7.11 Å². The van der Waals surface area contributed by atoms with E-state index in [2.05, 4.69) is 0 Å². The molecule has 13 heavy (non-hydrogen) atoms. The molecule has 0 bridgehead atoms. The van der Waals surface area contributed by atoms with Crippen molar-refractivity contribution >= 4 is 0 Å². The molecule has 72 valence electrons. The van der Waals surface area contributed by atoms with Gasteiger partial charge in [-0.25, -0.2) is 0 Å². The van der Waals surface area contributed by atoms with E-state index in [4.69, 9.17) is 14.2 Å². The topological polar surface area (TPSA) is 27.7 Å². The first-order valence-electron chi connectivity index (χ1n) is 4.04. The second-order valence-corrected chi connectivity index (χ2v) is 2.68. The zero-order valence-electron chi connectivity index (χ0n) is 8.16. The summed E-state index contributed by atoms with van der Waals surface area (Å²) in [5.41, 5.74) is 1.04. The van der Waals surface area contributed by atoms with Crippen LogP contribution in [0.3, 0.4) is 0 Å². The van der Waals surface area contributed by atoms with E-state index in [1.807, 2.05) is 25.1 Å². The molecule has 0 aromatic heterocycles. The Bertz CT molecular complexity index is 271. The molecule has 0 N–H and O–H groups in total. The number of aryl methyl sites for hydroxylation is 1. The maximum absolute atomic E-state index is 5.31. The first-order chi connectivity index (χ1) is 6.27. The minimum atomic E-state index is 0.271. The van der Waals surface area contributed by atoms with Crippen LogP contribution in [0.4, 0.5) is 0 Å². The van der Waals surface area contributed by atoms with Crippen molar-refractivity contribution in [3.63, 3.8) is 0 Å². The van der Waals surface area contributed by atoms with Crippen LogP contribution in [0.2, 0.25) is 0 Å². The Labute approximate surface area is 78.2 Å². The Hall–Kier alpha value is -1.22. The second-order valence-electron chi connectivity index (χ2n) is 2.68. The molecule has 3 heteroatoms. The van der Waals surface area contributed by atoms with Crippen LogP contribution < -0.4 is 9.47 Å². The number of benzene rings is 1. The van der Waals surface area contributed by atoms with Crippen molar-refractivity contribution in [3.05, 3.63) is 23.8 Å². The Morgan fingerprint density at radius 2 is 2.00 bits per heavy atom. The molecule has 0 heterocycles. The van der Waals surface area contributed by atoms with Crippen LogP contribution in [-0.2, 0) is 4.74 Å². The minimum absolute atomic E-state index is 0.271. The van der Waals surface area contributed by atoms with Crippen molar-refractivity contribution in [1.29, 1.82) is 0 Å². The standard InChI is InChI=1S/C10H14O3/c1-8-6-9(12-3)4-5-10(8)13-7-11-2/h4-6H,7H2,1-3H3. The predicted octanol–water partition coefficient (Wildman–Crippen LogP) is 1.99. The SMILES string of the molecule is COCOc1ccc(OC)cc1C. The molecule has 0 radical (unpaired) electrons. The summed E-state index contributed by atoms with van der Waals surface area (Å²) >= 11 is 0. The number of rotatable bonds is 4. The smallest absolute Gasteiger partial charge is 0.188 e. The molecule has 0 aliphatic rings. The molecule has 0 saturated carbocycles. The fourth-order valence-corrected chi connectivity index (χ4v) is 1.03. The summed E-state index contributed by atoms with van der Waals surface area (Å²) in [6, 6.07) is 5.65. The zero-order valence-corrected chi connectivity index (χ0v) is 8.16. The highest BCUT2D eigenvalue weighted by molar-refractivity contribution is 5.39. The molecular weight excluding hydrogens is 168 g/mol. The van der Waals surface area contributed by atoms with Gasteiger partial charge in [-0.05, 0) is 30.7 Å². The molecule has 0 spiro atoms. The predicted molar refractivity (Wildman–Crippen MR) is 50.2 cm³/mol. The van der Waals surface area contributed by atoms with E-state index in [0.29, 0.717) is 0 Å². The van der Waals surface area contributed by atoms with Gasteiger partial charge in [0.2, 0.25) is 0 Å². The summed E-state index contributed by atoms with van der Waals surface area (Å²) in [4.78, 5) is 0. The lowest BCUT2D eigenvalue weighted by molar-refractivity contribution is 0.0506. The molecule has 3 nitrogen and oxygen atoms in total. The molecule has 0 aliphatic carbocycles. The van der Waals surface area contributed by atoms with Crippen LogP contribution >= 0.6 is 0 Å². The van der Waals surface area contributed by atoms with Gasteiger partial charge in [0.15, 0.2) is 6.79 Å². The first kappa shape index (κ1) is 9.86. The van der Waals surface area contributed by atoms with E-state index >= 15 is 0 Å². The van der Waals surface area contributed by atoms with E-state index in [1.165, 1.54) is 0 Å². The van der Waals surface area contributed by atoms with Gasteiger partial charge in [0.25, 0.3) is 0 Å². The van der Waals surface area contributed by atoms with Gasteiger partial charge in [-0.1, -0.05) is 0 Å². The van der Waals surface area contributed by atoms with Crippen LogP contribution in [0.5, 0.6) is 11.5 Å². The number of hydrogen-bond acceptors (Lipinski definition) is 3. The van der Waals surface area contributed by atoms with Crippen LogP contribution in [0, 0.1) is 6.92 Å². The Kier molecular flexibility index (Phi) is 3.58. The van der Waals surface area contributed by atoms with E-state index in [0.717, 1.165) is 17.1 Å². The third kappa shape index (κ3) is 2.63. The summed E-state index contributed by atoms with van der Waals surface area (Å²) in [5.74, 6) is 1.66. The van der Waals surface area contributed by atoms with Crippen molar-refractivity contribution < 1.29 is 14.2 Å². The summed E-state index contributed by atoms with van der Waals surface area (Å²) < 4.78 is 15.2. The van der Waals surface area contributed by atoms with Gasteiger partial charge in [-0.2, -0.15) is 0 Å². The van der Waals surface area contributed by atoms with Gasteiger partial charge >= 0.3 is 0 Å². The summed E-state index contributed by atoms with van der Waals surface area (Å²) in [5, 5.41) is 0. The molecule has 1 aromatic carbocycles. The van der Waals surface area contributed by atoms with Crippen LogP contribution in [-0.4, -0.2) is 21.0 Å². The van der Waals surface area contributed by atoms with Gasteiger partial charge in [-0.3, -0.25) is 0 Å². The third-order valence-electron chi connectivity index (χ3n) is 1.71. The monoisotopic (exact) mass is 182 g/mol. The second kappa shape index (κ2) is 4.72. The molecule has 1 aromatic rings. The molecule has 0 fully saturated rings. The average Bonchev–Trinajstić information content (AvgIpc) is 2.16. The number of methoxy groups -OCH3 is 2. The molecule has 0 aliphatic heterocycles. The van der Waals surface area contributed by atoms with E-state index in [1.54, 1.807) is 14.2 Å². The summed E-state index contributed by atoms with van der Waals surface area (Å²) in [7, 11) is 3.24. The van der Waals surface area contributed by atoms with E-state index in [-0.39, 0.29) is 6.79 Å². The van der Waals surface area contributed by atoms with Crippen molar-refractivity contribution in [2.75, 3.05) is 21.0 Å². The lowest BCUT2D eigenvalue weighted by Gasteiger charge is -2.08. The van der Waals surface area contributed by atoms with Crippen molar-refractivity contribution in [1.82, 2.24) is 0 Å². The molecule has 1 rings (SSSR count). The average molecular weight is 182 g/mol. The minimum Gasteiger partial charge on any atom is -0.497 e. The maximum atomic E-state index is 5.31. The quantitative estimate of drug-likeness (QED) is 0.666. The lowest BCUT2D eigenvalue weighted by atomic mass is 10.2.